The van der Waals surface area contributed by atoms with Gasteiger partial charge < -0.3 is 5.32 Å². The van der Waals surface area contributed by atoms with E-state index in [1.54, 1.807) is 12.1 Å². The topological polar surface area (TPSA) is 15.3 Å². The fourth-order valence-corrected chi connectivity index (χ4v) is 2.54. The Morgan fingerprint density at radius 3 is 3.00 bits per heavy atom. The second-order valence-corrected chi connectivity index (χ2v) is 5.24. The van der Waals surface area contributed by atoms with Gasteiger partial charge >= 0.3 is 0 Å². The third-order valence-electron chi connectivity index (χ3n) is 3.85. The second-order valence-electron chi connectivity index (χ2n) is 5.24. The minimum Gasteiger partial charge on any atom is -0.311 e. The zero-order valence-electron chi connectivity index (χ0n) is 11.3. The molecule has 3 heteroatoms. The highest BCUT2D eigenvalue weighted by molar-refractivity contribution is 5.16. The molecule has 0 aromatic heterocycles. The number of halogens is 1. The van der Waals surface area contributed by atoms with E-state index in [1.807, 2.05) is 6.07 Å². The summed E-state index contributed by atoms with van der Waals surface area (Å²) in [7, 11) is 0. The molecule has 0 aliphatic carbocycles. The van der Waals surface area contributed by atoms with E-state index < -0.39 is 0 Å². The maximum absolute atomic E-state index is 13.1. The highest BCUT2D eigenvalue weighted by Crippen LogP contribution is 2.11. The average molecular weight is 250 g/mol. The summed E-state index contributed by atoms with van der Waals surface area (Å²) in [5.74, 6) is -0.132. The zero-order valence-corrected chi connectivity index (χ0v) is 11.3. The molecule has 1 saturated heterocycles. The Bertz CT molecular complexity index is 381. The van der Waals surface area contributed by atoms with Gasteiger partial charge in [0.25, 0.3) is 0 Å². The number of rotatable bonds is 4. The van der Waals surface area contributed by atoms with E-state index in [-0.39, 0.29) is 5.82 Å². The summed E-state index contributed by atoms with van der Waals surface area (Å²) in [6.07, 6.45) is 2.10. The highest BCUT2D eigenvalue weighted by atomic mass is 19.1. The maximum Gasteiger partial charge on any atom is 0.123 e. The predicted molar refractivity (Wildman–Crippen MR) is 73.2 cm³/mol. The SMILES string of the molecule is CCC1CN(CCc2cccc(F)c2)C(C)CN1. The molecule has 1 fully saturated rings. The third kappa shape index (κ3) is 3.53. The van der Waals surface area contributed by atoms with Crippen molar-refractivity contribution in [2.45, 2.75) is 38.8 Å². The minimum atomic E-state index is -0.132. The molecule has 0 saturated carbocycles. The van der Waals surface area contributed by atoms with Crippen molar-refractivity contribution in [3.8, 4) is 0 Å². The van der Waals surface area contributed by atoms with Gasteiger partial charge in [0.1, 0.15) is 5.82 Å². The average Bonchev–Trinajstić information content (AvgIpc) is 2.38. The first-order valence-electron chi connectivity index (χ1n) is 6.91. The van der Waals surface area contributed by atoms with E-state index in [0.29, 0.717) is 12.1 Å². The van der Waals surface area contributed by atoms with Crippen LogP contribution in [0.5, 0.6) is 0 Å². The molecule has 1 heterocycles. The fraction of sp³-hybridized carbons (Fsp3) is 0.600. The van der Waals surface area contributed by atoms with E-state index in [2.05, 4.69) is 24.1 Å². The van der Waals surface area contributed by atoms with Crippen LogP contribution in [0.3, 0.4) is 0 Å². The lowest BCUT2D eigenvalue weighted by Crippen LogP contribution is -2.55. The van der Waals surface area contributed by atoms with Gasteiger partial charge in [0.15, 0.2) is 0 Å². The van der Waals surface area contributed by atoms with E-state index in [9.17, 15) is 4.39 Å². The standard InChI is InChI=1S/C15H23FN2/c1-3-15-11-18(12(2)10-17-15)8-7-13-5-4-6-14(16)9-13/h4-6,9,12,15,17H,3,7-8,10-11H2,1-2H3. The molecule has 100 valence electrons. The lowest BCUT2D eigenvalue weighted by molar-refractivity contribution is 0.141. The van der Waals surface area contributed by atoms with Crippen molar-refractivity contribution in [2.75, 3.05) is 19.6 Å². The van der Waals surface area contributed by atoms with Gasteiger partial charge in [0.2, 0.25) is 0 Å². The quantitative estimate of drug-likeness (QED) is 0.883. The Morgan fingerprint density at radius 2 is 2.28 bits per heavy atom. The van der Waals surface area contributed by atoms with Gasteiger partial charge in [-0.2, -0.15) is 0 Å². The van der Waals surface area contributed by atoms with Gasteiger partial charge in [-0.1, -0.05) is 19.1 Å². The monoisotopic (exact) mass is 250 g/mol. The highest BCUT2D eigenvalue weighted by Gasteiger charge is 2.23. The molecule has 0 radical (unpaired) electrons. The predicted octanol–water partition coefficient (Wildman–Crippen LogP) is 2.44. The Kier molecular flexibility index (Phi) is 4.72. The second kappa shape index (κ2) is 6.30. The molecule has 1 aliphatic heterocycles. The number of hydrogen-bond donors (Lipinski definition) is 1. The Balaban J connectivity index is 1.88. The molecule has 2 nitrogen and oxygen atoms in total. The van der Waals surface area contributed by atoms with Crippen molar-refractivity contribution in [1.82, 2.24) is 10.2 Å². The summed E-state index contributed by atoms with van der Waals surface area (Å²) < 4.78 is 13.1. The molecule has 1 aromatic rings. The van der Waals surface area contributed by atoms with E-state index in [1.165, 1.54) is 12.5 Å². The normalized spacial score (nSPS) is 25.3. The summed E-state index contributed by atoms with van der Waals surface area (Å²) in [5.41, 5.74) is 1.09. The molecular formula is C15H23FN2. The van der Waals surface area contributed by atoms with Gasteiger partial charge in [-0.05, 0) is 37.5 Å². The Morgan fingerprint density at radius 1 is 1.44 bits per heavy atom. The minimum absolute atomic E-state index is 0.132. The van der Waals surface area contributed by atoms with Crippen LogP contribution in [-0.2, 0) is 6.42 Å². The summed E-state index contributed by atoms with van der Waals surface area (Å²) >= 11 is 0. The number of hydrogen-bond acceptors (Lipinski definition) is 2. The van der Waals surface area contributed by atoms with Gasteiger partial charge in [-0.3, -0.25) is 4.90 Å². The van der Waals surface area contributed by atoms with Crippen LogP contribution in [0.1, 0.15) is 25.8 Å². The molecule has 0 spiro atoms. The van der Waals surface area contributed by atoms with Crippen molar-refractivity contribution in [3.63, 3.8) is 0 Å². The molecule has 0 amide bonds. The molecule has 2 unspecified atom stereocenters. The lowest BCUT2D eigenvalue weighted by Gasteiger charge is -2.38. The van der Waals surface area contributed by atoms with Crippen LogP contribution in [0, 0.1) is 5.82 Å². The summed E-state index contributed by atoms with van der Waals surface area (Å²) in [4.78, 5) is 2.51. The smallest absolute Gasteiger partial charge is 0.123 e. The van der Waals surface area contributed by atoms with Gasteiger partial charge in [0, 0.05) is 31.7 Å². The van der Waals surface area contributed by atoms with E-state index in [0.717, 1.165) is 31.6 Å². The molecule has 1 aromatic carbocycles. The molecule has 1 aliphatic rings. The number of nitrogens with one attached hydrogen (secondary N) is 1. The Hall–Kier alpha value is -0.930. The van der Waals surface area contributed by atoms with Crippen LogP contribution in [0.25, 0.3) is 0 Å². The van der Waals surface area contributed by atoms with E-state index >= 15 is 0 Å². The van der Waals surface area contributed by atoms with Crippen LogP contribution in [0.15, 0.2) is 24.3 Å². The number of piperazine rings is 1. The van der Waals surface area contributed by atoms with E-state index in [4.69, 9.17) is 0 Å². The largest absolute Gasteiger partial charge is 0.311 e. The van der Waals surface area contributed by atoms with Crippen molar-refractivity contribution in [3.05, 3.63) is 35.6 Å². The fourth-order valence-electron chi connectivity index (χ4n) is 2.54. The van der Waals surface area contributed by atoms with Crippen LogP contribution in [-0.4, -0.2) is 36.6 Å². The van der Waals surface area contributed by atoms with Gasteiger partial charge in [-0.15, -0.1) is 0 Å². The van der Waals surface area contributed by atoms with Crippen LogP contribution in [0.4, 0.5) is 4.39 Å². The molecule has 2 atom stereocenters. The zero-order chi connectivity index (χ0) is 13.0. The van der Waals surface area contributed by atoms with Crippen molar-refractivity contribution < 1.29 is 4.39 Å². The Labute approximate surface area is 109 Å². The molecule has 1 N–H and O–H groups in total. The van der Waals surface area contributed by atoms with Crippen LogP contribution in [0.2, 0.25) is 0 Å². The van der Waals surface area contributed by atoms with Crippen LogP contribution >= 0.6 is 0 Å². The van der Waals surface area contributed by atoms with Gasteiger partial charge in [0.05, 0.1) is 0 Å². The molecule has 18 heavy (non-hydrogen) atoms. The molecule has 0 bridgehead atoms. The summed E-state index contributed by atoms with van der Waals surface area (Å²) in [5, 5.41) is 3.55. The van der Waals surface area contributed by atoms with Crippen molar-refractivity contribution >= 4 is 0 Å². The third-order valence-corrected chi connectivity index (χ3v) is 3.85. The lowest BCUT2D eigenvalue weighted by atomic mass is 10.1. The summed E-state index contributed by atoms with van der Waals surface area (Å²) in [6.45, 7) is 7.65. The first-order chi connectivity index (χ1) is 8.69. The van der Waals surface area contributed by atoms with Gasteiger partial charge in [-0.25, -0.2) is 4.39 Å². The first kappa shape index (κ1) is 13.5. The molecular weight excluding hydrogens is 227 g/mol. The summed E-state index contributed by atoms with van der Waals surface area (Å²) in [6, 6.07) is 8.12. The number of benzene rings is 1. The van der Waals surface area contributed by atoms with Crippen molar-refractivity contribution in [2.24, 2.45) is 0 Å². The first-order valence-corrected chi connectivity index (χ1v) is 6.91. The maximum atomic E-state index is 13.1. The molecule has 2 rings (SSSR count). The van der Waals surface area contributed by atoms with Crippen molar-refractivity contribution in [1.29, 1.82) is 0 Å². The number of nitrogens with zero attached hydrogens (tertiary/aromatic N) is 1. The van der Waals surface area contributed by atoms with Crippen LogP contribution < -0.4 is 5.32 Å².